The molecule has 0 saturated heterocycles. The Morgan fingerprint density at radius 3 is 2.32 bits per heavy atom. The molecule has 0 unspecified atom stereocenters. The van der Waals surface area contributed by atoms with E-state index >= 15 is 0 Å². The zero-order valence-corrected chi connectivity index (χ0v) is 10.5. The number of hydrogen-bond acceptors (Lipinski definition) is 1. The minimum atomic E-state index is -4.87. The van der Waals surface area contributed by atoms with Gasteiger partial charge in [0.05, 0.1) is 11.5 Å². The number of alkyl halides is 5. The molecule has 2 nitrogen and oxygen atoms in total. The van der Waals surface area contributed by atoms with Crippen LogP contribution in [0, 0.1) is 11.7 Å². The Balaban J connectivity index is 2.42. The van der Waals surface area contributed by atoms with E-state index in [4.69, 9.17) is 28.3 Å². The first-order valence-corrected chi connectivity index (χ1v) is 5.79. The average Bonchev–Trinajstić information content (AvgIpc) is 2.80. The van der Waals surface area contributed by atoms with Gasteiger partial charge >= 0.3 is 12.1 Å². The van der Waals surface area contributed by atoms with Crippen LogP contribution in [0.4, 0.5) is 17.6 Å². The zero-order valence-electron chi connectivity index (χ0n) is 9.01. The van der Waals surface area contributed by atoms with E-state index in [1.165, 1.54) is 0 Å². The van der Waals surface area contributed by atoms with Crippen molar-refractivity contribution in [2.24, 2.45) is 5.92 Å². The van der Waals surface area contributed by atoms with Crippen LogP contribution in [0.3, 0.4) is 0 Å². The summed E-state index contributed by atoms with van der Waals surface area (Å²) < 4.78 is 49.0. The van der Waals surface area contributed by atoms with Crippen molar-refractivity contribution in [3.63, 3.8) is 0 Å². The maximum absolute atomic E-state index is 13.1. The van der Waals surface area contributed by atoms with Crippen LogP contribution in [0.5, 0.6) is 0 Å². The Bertz CT molecular complexity index is 542. The summed E-state index contributed by atoms with van der Waals surface area (Å²) >= 11 is 11.4. The predicted octanol–water partition coefficient (Wildman–Crippen LogP) is 3.82. The van der Waals surface area contributed by atoms with E-state index in [0.29, 0.717) is 12.1 Å². The van der Waals surface area contributed by atoms with Crippen LogP contribution in [0.2, 0.25) is 0 Å². The number of rotatable bonds is 2. The van der Waals surface area contributed by atoms with Crippen LogP contribution in [0.25, 0.3) is 0 Å². The lowest BCUT2D eigenvalue weighted by Crippen LogP contribution is -2.09. The van der Waals surface area contributed by atoms with Crippen molar-refractivity contribution in [2.45, 2.75) is 16.4 Å². The maximum Gasteiger partial charge on any atom is 0.419 e. The van der Waals surface area contributed by atoms with E-state index in [0.717, 1.165) is 6.07 Å². The van der Waals surface area contributed by atoms with Gasteiger partial charge in [0.25, 0.3) is 0 Å². The van der Waals surface area contributed by atoms with Crippen molar-refractivity contribution in [1.82, 2.24) is 0 Å². The summed E-state index contributed by atoms with van der Waals surface area (Å²) in [6.07, 6.45) is -4.87. The van der Waals surface area contributed by atoms with Gasteiger partial charge in [-0.15, -0.1) is 0 Å². The Morgan fingerprint density at radius 2 is 1.89 bits per heavy atom. The third-order valence-corrected chi connectivity index (χ3v) is 3.91. The molecule has 0 spiro atoms. The smallest absolute Gasteiger partial charge is 0.419 e. The van der Waals surface area contributed by atoms with Crippen LogP contribution in [-0.2, 0) is 11.0 Å². The molecule has 1 aromatic carbocycles. The number of carboxylic acids is 1. The SMILES string of the molecule is O=C(O)[C@H]1[C@H](c2ccc(F)c(C(F)(F)F)c2)C1(Cl)Cl. The molecule has 2 rings (SSSR count). The molecule has 2 atom stereocenters. The molecule has 1 aliphatic rings. The van der Waals surface area contributed by atoms with Crippen molar-refractivity contribution in [3.05, 3.63) is 35.1 Å². The first-order chi connectivity index (χ1) is 8.56. The molecule has 0 aliphatic heterocycles. The van der Waals surface area contributed by atoms with E-state index in [9.17, 15) is 22.4 Å². The first-order valence-electron chi connectivity index (χ1n) is 5.04. The lowest BCUT2D eigenvalue weighted by atomic mass is 10.0. The van der Waals surface area contributed by atoms with Crippen LogP contribution in [0.15, 0.2) is 18.2 Å². The van der Waals surface area contributed by atoms with Gasteiger partial charge in [0.1, 0.15) is 10.2 Å². The van der Waals surface area contributed by atoms with Gasteiger partial charge in [0, 0.05) is 5.92 Å². The molecule has 0 heterocycles. The summed E-state index contributed by atoms with van der Waals surface area (Å²) in [4.78, 5) is 10.8. The lowest BCUT2D eigenvalue weighted by molar-refractivity contribution is -0.140. The Hall–Kier alpha value is -1.01. The number of carboxylic acid groups (broad SMARTS) is 1. The fourth-order valence-corrected chi connectivity index (χ4v) is 2.82. The molecule has 0 aromatic heterocycles. The molecule has 1 fully saturated rings. The largest absolute Gasteiger partial charge is 0.481 e. The minimum Gasteiger partial charge on any atom is -0.481 e. The zero-order chi connectivity index (χ0) is 14.6. The number of hydrogen-bond donors (Lipinski definition) is 1. The highest BCUT2D eigenvalue weighted by molar-refractivity contribution is 6.53. The van der Waals surface area contributed by atoms with Gasteiger partial charge in [-0.2, -0.15) is 13.2 Å². The Morgan fingerprint density at radius 1 is 1.32 bits per heavy atom. The summed E-state index contributed by atoms with van der Waals surface area (Å²) in [5.41, 5.74) is -1.52. The van der Waals surface area contributed by atoms with E-state index in [2.05, 4.69) is 0 Å². The maximum atomic E-state index is 13.1. The van der Waals surface area contributed by atoms with Crippen molar-refractivity contribution in [1.29, 1.82) is 0 Å². The highest BCUT2D eigenvalue weighted by atomic mass is 35.5. The van der Waals surface area contributed by atoms with Gasteiger partial charge in [-0.3, -0.25) is 4.79 Å². The van der Waals surface area contributed by atoms with Gasteiger partial charge in [-0.05, 0) is 17.7 Å². The van der Waals surface area contributed by atoms with Gasteiger partial charge in [-0.1, -0.05) is 29.3 Å². The molecule has 1 aromatic rings. The van der Waals surface area contributed by atoms with E-state index < -0.39 is 39.7 Å². The average molecular weight is 317 g/mol. The number of carbonyl (C=O) groups is 1. The van der Waals surface area contributed by atoms with Gasteiger partial charge < -0.3 is 5.11 Å². The normalized spacial score (nSPS) is 25.2. The molecule has 19 heavy (non-hydrogen) atoms. The molecule has 0 amide bonds. The second-order valence-corrected chi connectivity index (χ2v) is 5.65. The second kappa shape index (κ2) is 4.24. The summed E-state index contributed by atoms with van der Waals surface area (Å²) in [5.74, 6) is -4.94. The third-order valence-electron chi connectivity index (χ3n) is 2.97. The third kappa shape index (κ3) is 2.39. The first kappa shape index (κ1) is 14.4. The highest BCUT2D eigenvalue weighted by Crippen LogP contribution is 2.65. The van der Waals surface area contributed by atoms with E-state index in [1.54, 1.807) is 0 Å². The molecule has 1 aliphatic carbocycles. The van der Waals surface area contributed by atoms with E-state index in [-0.39, 0.29) is 5.56 Å². The number of halogens is 6. The Labute approximate surface area is 114 Å². The fourth-order valence-electron chi connectivity index (χ4n) is 2.00. The second-order valence-electron chi connectivity index (χ2n) is 4.21. The summed E-state index contributed by atoms with van der Waals surface area (Å²) in [5, 5.41) is 8.84. The molecular weight excluding hydrogens is 311 g/mol. The molecule has 0 bridgehead atoms. The van der Waals surface area contributed by atoms with Crippen LogP contribution >= 0.6 is 23.2 Å². The van der Waals surface area contributed by atoms with Crippen molar-refractivity contribution >= 4 is 29.2 Å². The van der Waals surface area contributed by atoms with Crippen LogP contribution in [0.1, 0.15) is 17.0 Å². The van der Waals surface area contributed by atoms with Gasteiger partial charge in [0.15, 0.2) is 0 Å². The summed E-state index contributed by atoms with van der Waals surface area (Å²) in [6, 6.07) is 2.22. The van der Waals surface area contributed by atoms with Gasteiger partial charge in [0.2, 0.25) is 0 Å². The molecule has 1 N–H and O–H groups in total. The number of aliphatic carboxylic acids is 1. The van der Waals surface area contributed by atoms with Crippen LogP contribution in [-0.4, -0.2) is 15.4 Å². The molecule has 104 valence electrons. The topological polar surface area (TPSA) is 37.3 Å². The monoisotopic (exact) mass is 316 g/mol. The van der Waals surface area contributed by atoms with Crippen molar-refractivity contribution < 1.29 is 27.5 Å². The fraction of sp³-hybridized carbons (Fsp3) is 0.364. The standard InChI is InChI=1S/C11H6Cl2F4O2/c12-10(13)7(8(10)9(18)19)4-1-2-6(14)5(3-4)11(15,16)17/h1-3,7-8H,(H,18,19)/t7-,8+/m0/s1. The van der Waals surface area contributed by atoms with Crippen LogP contribution < -0.4 is 0 Å². The number of benzene rings is 1. The van der Waals surface area contributed by atoms with Gasteiger partial charge in [-0.25, -0.2) is 4.39 Å². The minimum absolute atomic E-state index is 0.0499. The summed E-state index contributed by atoms with van der Waals surface area (Å²) in [7, 11) is 0. The lowest BCUT2D eigenvalue weighted by Gasteiger charge is -2.10. The summed E-state index contributed by atoms with van der Waals surface area (Å²) in [6.45, 7) is 0. The molecule has 1 saturated carbocycles. The molecule has 0 radical (unpaired) electrons. The quantitative estimate of drug-likeness (QED) is 0.665. The van der Waals surface area contributed by atoms with Crippen molar-refractivity contribution in [3.8, 4) is 0 Å². The van der Waals surface area contributed by atoms with Crippen molar-refractivity contribution in [2.75, 3.05) is 0 Å². The van der Waals surface area contributed by atoms with E-state index in [1.807, 2.05) is 0 Å². The predicted molar refractivity (Wildman–Crippen MR) is 59.7 cm³/mol. The molecule has 8 heteroatoms. The highest BCUT2D eigenvalue weighted by Gasteiger charge is 2.68. The molecular formula is C11H6Cl2F4O2. The Kier molecular flexibility index (Phi) is 3.22.